The van der Waals surface area contributed by atoms with Crippen LogP contribution in [-0.4, -0.2) is 193 Å². The summed E-state index contributed by atoms with van der Waals surface area (Å²) >= 11 is 0. The number of unbranched alkanes of at least 4 members (excludes halogenated alkanes) is 20. The average Bonchev–Trinajstić information content (AvgIpc) is 3.40. The summed E-state index contributed by atoms with van der Waals surface area (Å²) in [5.41, 5.74) is 0. The first-order valence-corrected chi connectivity index (χ1v) is 28.2. The van der Waals surface area contributed by atoms with Gasteiger partial charge in [-0.05, 0) is 44.9 Å². The third-order valence-corrected chi connectivity index (χ3v) is 14.2. The summed E-state index contributed by atoms with van der Waals surface area (Å²) in [7, 11) is 0. The van der Waals surface area contributed by atoms with Gasteiger partial charge in [0, 0.05) is 6.42 Å². The molecule has 3 saturated heterocycles. The van der Waals surface area contributed by atoms with Crippen LogP contribution in [-0.2, 0) is 33.2 Å². The molecule has 3 aliphatic rings. The van der Waals surface area contributed by atoms with Crippen molar-refractivity contribution < 1.29 is 89.4 Å². The lowest BCUT2D eigenvalue weighted by Gasteiger charge is -2.48. The largest absolute Gasteiger partial charge is 0.394 e. The molecule has 0 aliphatic carbocycles. The van der Waals surface area contributed by atoms with Gasteiger partial charge in [0.15, 0.2) is 18.9 Å². The summed E-state index contributed by atoms with van der Waals surface area (Å²) in [6, 6.07) is -0.991. The normalized spacial score (nSPS) is 31.7. The lowest BCUT2D eigenvalue weighted by Crippen LogP contribution is -2.66. The smallest absolute Gasteiger partial charge is 0.220 e. The van der Waals surface area contributed by atoms with Gasteiger partial charge in [-0.15, -0.1) is 0 Å². The van der Waals surface area contributed by atoms with E-state index < -0.39 is 124 Å². The summed E-state index contributed by atoms with van der Waals surface area (Å²) in [6.45, 7) is 1.65. The standard InChI is InChI=1S/C55H99NO18/c1-3-5-7-9-11-13-15-16-17-18-19-20-21-23-24-26-28-30-32-39(60)38(56-43(61)33-31-29-27-25-22-14-12-10-8-6-4-2)37-69-53-49(67)46(64)51(41(35-58)71-53)74-55-50(68)47(65)52(42(36-59)72-55)73-54-48(66)45(63)44(62)40(34-57)70-54/h18-19,23-24,30,32,38-42,44-55,57-60,62-68H,3-17,20-22,25-29,31,33-37H2,1-2H3,(H,56,61)/b19-18+,24-23+,32-30+. The molecule has 1 amide bonds. The van der Waals surface area contributed by atoms with Crippen molar-refractivity contribution in [3.05, 3.63) is 36.5 Å². The summed E-state index contributed by atoms with van der Waals surface area (Å²) in [6.07, 6.45) is 12.8. The summed E-state index contributed by atoms with van der Waals surface area (Å²) < 4.78 is 34.1. The van der Waals surface area contributed by atoms with Gasteiger partial charge in [-0.2, -0.15) is 0 Å². The minimum absolute atomic E-state index is 0.234. The van der Waals surface area contributed by atoms with Gasteiger partial charge < -0.3 is 89.9 Å². The van der Waals surface area contributed by atoms with Crippen molar-refractivity contribution in [2.75, 3.05) is 26.4 Å². The summed E-state index contributed by atoms with van der Waals surface area (Å²) in [4.78, 5) is 13.2. The topological polar surface area (TPSA) is 307 Å². The summed E-state index contributed by atoms with van der Waals surface area (Å²) in [5, 5.41) is 120. The maximum atomic E-state index is 13.2. The molecule has 19 heteroatoms. The van der Waals surface area contributed by atoms with Gasteiger partial charge in [0.2, 0.25) is 5.91 Å². The minimum atomic E-state index is -1.98. The van der Waals surface area contributed by atoms with Crippen LogP contribution >= 0.6 is 0 Å². The van der Waals surface area contributed by atoms with Gasteiger partial charge in [-0.1, -0.05) is 159 Å². The van der Waals surface area contributed by atoms with E-state index in [4.69, 9.17) is 28.4 Å². The molecule has 0 saturated carbocycles. The number of aliphatic hydroxyl groups is 11. The van der Waals surface area contributed by atoms with Crippen molar-refractivity contribution in [3.63, 3.8) is 0 Å². The van der Waals surface area contributed by atoms with Crippen molar-refractivity contribution in [1.82, 2.24) is 5.32 Å². The van der Waals surface area contributed by atoms with Crippen LogP contribution in [0.5, 0.6) is 0 Å². The maximum absolute atomic E-state index is 13.2. The number of allylic oxidation sites excluding steroid dienone is 5. The molecular formula is C55H99NO18. The first-order valence-electron chi connectivity index (χ1n) is 28.2. The molecule has 12 N–H and O–H groups in total. The molecule has 0 spiro atoms. The Morgan fingerprint density at radius 1 is 0.473 bits per heavy atom. The fourth-order valence-corrected chi connectivity index (χ4v) is 9.46. The van der Waals surface area contributed by atoms with E-state index in [1.165, 1.54) is 96.3 Å². The highest BCUT2D eigenvalue weighted by atomic mass is 16.8. The maximum Gasteiger partial charge on any atom is 0.220 e. The molecule has 3 aliphatic heterocycles. The Kier molecular flexibility index (Phi) is 35.3. The first-order chi connectivity index (χ1) is 35.8. The van der Waals surface area contributed by atoms with E-state index in [0.29, 0.717) is 12.8 Å². The highest BCUT2D eigenvalue weighted by Crippen LogP contribution is 2.33. The van der Waals surface area contributed by atoms with Gasteiger partial charge in [0.05, 0.1) is 38.6 Å². The predicted molar refractivity (Wildman–Crippen MR) is 277 cm³/mol. The van der Waals surface area contributed by atoms with Gasteiger partial charge in [0.1, 0.15) is 73.2 Å². The molecule has 17 unspecified atom stereocenters. The lowest BCUT2D eigenvalue weighted by molar-refractivity contribution is -0.379. The van der Waals surface area contributed by atoms with Gasteiger partial charge in [-0.25, -0.2) is 0 Å². The van der Waals surface area contributed by atoms with E-state index in [0.717, 1.165) is 44.9 Å². The predicted octanol–water partition coefficient (Wildman–Crippen LogP) is 3.76. The molecule has 74 heavy (non-hydrogen) atoms. The van der Waals surface area contributed by atoms with Crippen molar-refractivity contribution >= 4 is 5.91 Å². The molecule has 432 valence electrons. The summed E-state index contributed by atoms with van der Waals surface area (Å²) in [5.74, 6) is -0.293. The molecule has 0 aromatic heterocycles. The molecule has 19 nitrogen and oxygen atoms in total. The lowest BCUT2D eigenvalue weighted by atomic mass is 9.96. The second-order valence-corrected chi connectivity index (χ2v) is 20.4. The highest BCUT2D eigenvalue weighted by molar-refractivity contribution is 5.76. The minimum Gasteiger partial charge on any atom is -0.394 e. The Morgan fingerprint density at radius 3 is 1.35 bits per heavy atom. The quantitative estimate of drug-likeness (QED) is 0.0307. The molecule has 3 heterocycles. The Bertz CT molecular complexity index is 1500. The number of carbonyl (C=O) groups excluding carboxylic acids is 1. The zero-order chi connectivity index (χ0) is 54.1. The van der Waals surface area contributed by atoms with Crippen molar-refractivity contribution in [2.24, 2.45) is 0 Å². The van der Waals surface area contributed by atoms with Crippen LogP contribution in [0.4, 0.5) is 0 Å². The van der Waals surface area contributed by atoms with Crippen LogP contribution in [0.25, 0.3) is 0 Å². The number of carbonyl (C=O) groups is 1. The Hall–Kier alpha value is -1.99. The second-order valence-electron chi connectivity index (χ2n) is 20.4. The van der Waals surface area contributed by atoms with E-state index in [-0.39, 0.29) is 18.9 Å². The van der Waals surface area contributed by atoms with Crippen molar-refractivity contribution in [1.29, 1.82) is 0 Å². The fourth-order valence-electron chi connectivity index (χ4n) is 9.46. The van der Waals surface area contributed by atoms with E-state index in [1.54, 1.807) is 6.08 Å². The van der Waals surface area contributed by atoms with Crippen LogP contribution in [0.15, 0.2) is 36.5 Å². The number of amides is 1. The van der Waals surface area contributed by atoms with Gasteiger partial charge >= 0.3 is 0 Å². The van der Waals surface area contributed by atoms with Crippen molar-refractivity contribution in [2.45, 2.75) is 279 Å². The van der Waals surface area contributed by atoms with Crippen LogP contribution < -0.4 is 5.32 Å². The fraction of sp³-hybridized carbons (Fsp3) is 0.873. The molecule has 0 aromatic carbocycles. The molecule has 0 aromatic rings. The number of rotatable bonds is 40. The Labute approximate surface area is 440 Å². The Morgan fingerprint density at radius 2 is 0.865 bits per heavy atom. The van der Waals surface area contributed by atoms with Crippen molar-refractivity contribution in [3.8, 4) is 0 Å². The van der Waals surface area contributed by atoms with Gasteiger partial charge in [0.25, 0.3) is 0 Å². The zero-order valence-corrected chi connectivity index (χ0v) is 44.6. The average molecular weight is 1060 g/mol. The molecule has 17 atom stereocenters. The van der Waals surface area contributed by atoms with E-state index in [9.17, 15) is 61.0 Å². The van der Waals surface area contributed by atoms with Gasteiger partial charge in [-0.3, -0.25) is 4.79 Å². The van der Waals surface area contributed by atoms with E-state index in [1.807, 2.05) is 6.08 Å². The monoisotopic (exact) mass is 1060 g/mol. The first kappa shape index (κ1) is 66.3. The third-order valence-electron chi connectivity index (χ3n) is 14.2. The number of hydrogen-bond donors (Lipinski definition) is 12. The second kappa shape index (κ2) is 39.4. The van der Waals surface area contributed by atoms with Crippen LogP contribution in [0.3, 0.4) is 0 Å². The zero-order valence-electron chi connectivity index (χ0n) is 44.6. The number of aliphatic hydroxyl groups excluding tert-OH is 11. The molecule has 3 rings (SSSR count). The Balaban J connectivity index is 1.55. The van der Waals surface area contributed by atoms with Crippen LogP contribution in [0.1, 0.15) is 174 Å². The third kappa shape index (κ3) is 23.9. The van der Waals surface area contributed by atoms with Crippen LogP contribution in [0, 0.1) is 0 Å². The van der Waals surface area contributed by atoms with E-state index in [2.05, 4.69) is 43.5 Å². The molecule has 0 bridgehead atoms. The van der Waals surface area contributed by atoms with Crippen LogP contribution in [0.2, 0.25) is 0 Å². The highest BCUT2D eigenvalue weighted by Gasteiger charge is 2.53. The SMILES string of the molecule is CCCCCCCCCC/C=C/CC/C=C/CC/C=C/C(O)C(COC1OC(CO)C(OC2OC(CO)C(OC3OC(CO)C(O)C(O)C3O)C(O)C2O)C(O)C1O)NC(=O)CCCCCCCCCCCCC. The number of ether oxygens (including phenoxy) is 6. The molecular weight excluding hydrogens is 963 g/mol. The molecule has 0 radical (unpaired) electrons. The molecule has 3 fully saturated rings. The van der Waals surface area contributed by atoms with E-state index >= 15 is 0 Å². The number of hydrogen-bond acceptors (Lipinski definition) is 18. The number of nitrogens with one attached hydrogen (secondary N) is 1.